The molecule has 0 saturated heterocycles. The van der Waals surface area contributed by atoms with Crippen LogP contribution in [0.3, 0.4) is 0 Å². The summed E-state index contributed by atoms with van der Waals surface area (Å²) in [6, 6.07) is -0.496. The standard InChI is InChI=1S/C12H25NO4Si/c1-5-6-9-17-12(16)10(7-8-11(14)15)13-18(2,3)4/h10,13H,5-9H2,1-4H3,(H,14,15)/t10-/m0/s1. The number of aliphatic carboxylic acids is 1. The number of carboxylic acid groups (broad SMARTS) is 1. The van der Waals surface area contributed by atoms with Crippen molar-refractivity contribution in [3.63, 3.8) is 0 Å². The van der Waals surface area contributed by atoms with Gasteiger partial charge in [-0.2, -0.15) is 0 Å². The summed E-state index contributed by atoms with van der Waals surface area (Å²) < 4.78 is 5.15. The monoisotopic (exact) mass is 275 g/mol. The highest BCUT2D eigenvalue weighted by molar-refractivity contribution is 6.73. The number of unbranched alkanes of at least 4 members (excludes halogenated alkanes) is 1. The predicted octanol–water partition coefficient (Wildman–Crippen LogP) is 1.99. The summed E-state index contributed by atoms with van der Waals surface area (Å²) in [5, 5.41) is 8.69. The first-order valence-corrected chi connectivity index (χ1v) is 9.92. The highest BCUT2D eigenvalue weighted by Gasteiger charge is 2.26. The summed E-state index contributed by atoms with van der Waals surface area (Å²) in [4.78, 5) is 25.7. The molecular weight excluding hydrogens is 250 g/mol. The second-order valence-electron chi connectivity index (χ2n) is 5.40. The van der Waals surface area contributed by atoms with Gasteiger partial charge < -0.3 is 14.8 Å². The molecule has 0 aliphatic carbocycles. The van der Waals surface area contributed by atoms with Gasteiger partial charge >= 0.3 is 11.9 Å². The molecule has 6 heteroatoms. The highest BCUT2D eigenvalue weighted by Crippen LogP contribution is 2.06. The van der Waals surface area contributed by atoms with Gasteiger partial charge in [0, 0.05) is 6.42 Å². The minimum Gasteiger partial charge on any atom is -0.481 e. The van der Waals surface area contributed by atoms with Gasteiger partial charge in [0.25, 0.3) is 0 Å². The van der Waals surface area contributed by atoms with E-state index < -0.39 is 20.2 Å². The largest absolute Gasteiger partial charge is 0.481 e. The maximum absolute atomic E-state index is 11.9. The lowest BCUT2D eigenvalue weighted by Crippen LogP contribution is -2.52. The first-order chi connectivity index (χ1) is 8.26. The number of carbonyl (C=O) groups excluding carboxylic acids is 1. The number of esters is 1. The summed E-state index contributed by atoms with van der Waals surface area (Å²) in [5.74, 6) is -1.22. The van der Waals surface area contributed by atoms with Gasteiger partial charge in [-0.3, -0.25) is 9.59 Å². The Bertz CT molecular complexity index is 276. The van der Waals surface area contributed by atoms with Crippen LogP contribution >= 0.6 is 0 Å². The lowest BCUT2D eigenvalue weighted by atomic mass is 10.2. The fourth-order valence-electron chi connectivity index (χ4n) is 1.46. The van der Waals surface area contributed by atoms with Crippen LogP contribution in [0.15, 0.2) is 0 Å². The van der Waals surface area contributed by atoms with Crippen molar-refractivity contribution in [1.82, 2.24) is 4.98 Å². The van der Waals surface area contributed by atoms with Crippen molar-refractivity contribution in [3.8, 4) is 0 Å². The van der Waals surface area contributed by atoms with Crippen LogP contribution in [0.5, 0.6) is 0 Å². The Hall–Kier alpha value is -0.883. The minimum atomic E-state index is -1.65. The molecule has 1 atom stereocenters. The molecule has 2 N–H and O–H groups in total. The van der Waals surface area contributed by atoms with Crippen LogP contribution < -0.4 is 4.98 Å². The molecule has 0 rings (SSSR count). The van der Waals surface area contributed by atoms with Gasteiger partial charge in [-0.25, -0.2) is 0 Å². The predicted molar refractivity (Wildman–Crippen MR) is 73.0 cm³/mol. The summed E-state index contributed by atoms with van der Waals surface area (Å²) in [5.41, 5.74) is 0. The Morgan fingerprint density at radius 3 is 2.39 bits per heavy atom. The van der Waals surface area contributed by atoms with Crippen molar-refractivity contribution in [2.24, 2.45) is 0 Å². The van der Waals surface area contributed by atoms with E-state index in [1.807, 2.05) is 6.92 Å². The molecular formula is C12H25NO4Si. The van der Waals surface area contributed by atoms with E-state index in [0.717, 1.165) is 12.8 Å². The summed E-state index contributed by atoms with van der Waals surface area (Å²) in [7, 11) is -1.65. The molecule has 0 spiro atoms. The summed E-state index contributed by atoms with van der Waals surface area (Å²) in [6.07, 6.45) is 2.06. The lowest BCUT2D eigenvalue weighted by molar-refractivity contribution is -0.146. The average molecular weight is 275 g/mol. The maximum Gasteiger partial charge on any atom is 0.322 e. The number of ether oxygens (including phenoxy) is 1. The van der Waals surface area contributed by atoms with Crippen LogP contribution in [-0.2, 0) is 14.3 Å². The van der Waals surface area contributed by atoms with Crippen LogP contribution in [-0.4, -0.2) is 37.9 Å². The third kappa shape index (κ3) is 9.18. The molecule has 0 aromatic heterocycles. The van der Waals surface area contributed by atoms with Crippen molar-refractivity contribution in [3.05, 3.63) is 0 Å². The molecule has 0 unspecified atom stereocenters. The van der Waals surface area contributed by atoms with Crippen LogP contribution in [0.1, 0.15) is 32.6 Å². The molecule has 0 saturated carbocycles. The molecule has 0 aromatic carbocycles. The zero-order valence-electron chi connectivity index (χ0n) is 11.8. The van der Waals surface area contributed by atoms with Gasteiger partial charge in [-0.15, -0.1) is 0 Å². The van der Waals surface area contributed by atoms with E-state index >= 15 is 0 Å². The van der Waals surface area contributed by atoms with Crippen molar-refractivity contribution in [2.45, 2.75) is 58.3 Å². The second-order valence-corrected chi connectivity index (χ2v) is 10.2. The zero-order chi connectivity index (χ0) is 14.2. The van der Waals surface area contributed by atoms with Gasteiger partial charge in [0.15, 0.2) is 0 Å². The molecule has 0 aliphatic heterocycles. The van der Waals surface area contributed by atoms with Crippen LogP contribution in [0.4, 0.5) is 0 Å². The van der Waals surface area contributed by atoms with Crippen molar-refractivity contribution >= 4 is 20.2 Å². The fraction of sp³-hybridized carbons (Fsp3) is 0.833. The van der Waals surface area contributed by atoms with E-state index in [1.54, 1.807) is 0 Å². The fourth-order valence-corrected chi connectivity index (χ4v) is 2.76. The second kappa shape index (κ2) is 8.26. The van der Waals surface area contributed by atoms with Gasteiger partial charge in [0.2, 0.25) is 0 Å². The first kappa shape index (κ1) is 17.1. The Morgan fingerprint density at radius 2 is 1.94 bits per heavy atom. The third-order valence-electron chi connectivity index (χ3n) is 2.28. The van der Waals surface area contributed by atoms with Gasteiger partial charge in [0.1, 0.15) is 14.3 Å². The Labute approximate surface area is 110 Å². The quantitative estimate of drug-likeness (QED) is 0.382. The number of carboxylic acids is 1. The van der Waals surface area contributed by atoms with Gasteiger partial charge in [0.05, 0.1) is 6.61 Å². The summed E-state index contributed by atoms with van der Waals surface area (Å²) in [6.45, 7) is 8.64. The van der Waals surface area contributed by atoms with Crippen LogP contribution in [0.25, 0.3) is 0 Å². The highest BCUT2D eigenvalue weighted by atomic mass is 28.3. The van der Waals surface area contributed by atoms with E-state index in [0.29, 0.717) is 6.61 Å². The molecule has 106 valence electrons. The molecule has 0 heterocycles. The Balaban J connectivity index is 4.34. The van der Waals surface area contributed by atoms with Crippen LogP contribution in [0, 0.1) is 0 Å². The number of hydrogen-bond donors (Lipinski definition) is 2. The summed E-state index contributed by atoms with van der Waals surface area (Å²) >= 11 is 0. The molecule has 0 amide bonds. The average Bonchev–Trinajstić information content (AvgIpc) is 2.22. The Kier molecular flexibility index (Phi) is 7.85. The molecule has 0 bridgehead atoms. The molecule has 0 fully saturated rings. The normalized spacial score (nSPS) is 13.1. The topological polar surface area (TPSA) is 75.6 Å². The molecule has 5 nitrogen and oxygen atoms in total. The molecule has 18 heavy (non-hydrogen) atoms. The number of nitrogens with one attached hydrogen (secondary N) is 1. The zero-order valence-corrected chi connectivity index (χ0v) is 12.8. The van der Waals surface area contributed by atoms with E-state index in [2.05, 4.69) is 24.6 Å². The number of hydrogen-bond acceptors (Lipinski definition) is 4. The number of carbonyl (C=O) groups is 2. The van der Waals surface area contributed by atoms with Crippen LogP contribution in [0.2, 0.25) is 19.6 Å². The first-order valence-electron chi connectivity index (χ1n) is 6.42. The molecule has 0 aliphatic rings. The smallest absolute Gasteiger partial charge is 0.322 e. The van der Waals surface area contributed by atoms with E-state index in [4.69, 9.17) is 9.84 Å². The van der Waals surface area contributed by atoms with E-state index in [-0.39, 0.29) is 18.8 Å². The van der Waals surface area contributed by atoms with Crippen molar-refractivity contribution in [1.29, 1.82) is 0 Å². The maximum atomic E-state index is 11.9. The van der Waals surface area contributed by atoms with Gasteiger partial charge in [-0.1, -0.05) is 33.0 Å². The van der Waals surface area contributed by atoms with Gasteiger partial charge in [-0.05, 0) is 12.8 Å². The van der Waals surface area contributed by atoms with E-state index in [1.165, 1.54) is 0 Å². The number of rotatable bonds is 9. The molecule has 0 radical (unpaired) electrons. The minimum absolute atomic E-state index is 0.0228. The Morgan fingerprint density at radius 1 is 1.33 bits per heavy atom. The van der Waals surface area contributed by atoms with Crippen molar-refractivity contribution in [2.75, 3.05) is 6.61 Å². The van der Waals surface area contributed by atoms with E-state index in [9.17, 15) is 9.59 Å². The third-order valence-corrected chi connectivity index (χ3v) is 3.50. The SMILES string of the molecule is CCCCOC(=O)[C@H](CCC(=O)O)N[Si](C)(C)C. The lowest BCUT2D eigenvalue weighted by Gasteiger charge is -2.25. The molecule has 0 aromatic rings. The van der Waals surface area contributed by atoms with Crippen molar-refractivity contribution < 1.29 is 19.4 Å².